The SMILES string of the molecule is C=C/C=C(\C=C/CC)CN1CCN(CC(=O)NN)CC1.CC. The predicted octanol–water partition coefficient (Wildman–Crippen LogP) is 1.70. The van der Waals surface area contributed by atoms with Crippen LogP contribution in [0.2, 0.25) is 0 Å². The predicted molar refractivity (Wildman–Crippen MR) is 94.3 cm³/mol. The van der Waals surface area contributed by atoms with E-state index in [2.05, 4.69) is 47.0 Å². The first-order valence-electron chi connectivity index (χ1n) is 8.11. The Bertz CT molecular complexity index is 369. The van der Waals surface area contributed by atoms with Crippen LogP contribution >= 0.6 is 0 Å². The minimum atomic E-state index is -0.128. The molecule has 0 spiro atoms. The van der Waals surface area contributed by atoms with Crippen molar-refractivity contribution in [2.45, 2.75) is 27.2 Å². The lowest BCUT2D eigenvalue weighted by Crippen LogP contribution is -2.50. The van der Waals surface area contributed by atoms with Crippen molar-refractivity contribution in [3.8, 4) is 0 Å². The zero-order valence-corrected chi connectivity index (χ0v) is 14.3. The number of amides is 1. The Hall–Kier alpha value is -1.43. The van der Waals surface area contributed by atoms with Crippen LogP contribution in [0.1, 0.15) is 27.2 Å². The summed E-state index contributed by atoms with van der Waals surface area (Å²) in [5.74, 6) is 4.97. The Labute approximate surface area is 135 Å². The lowest BCUT2D eigenvalue weighted by atomic mass is 10.2. The summed E-state index contributed by atoms with van der Waals surface area (Å²) in [6, 6.07) is 0. The minimum Gasteiger partial charge on any atom is -0.297 e. The van der Waals surface area contributed by atoms with Crippen LogP contribution in [0.25, 0.3) is 0 Å². The third kappa shape index (κ3) is 8.77. The largest absolute Gasteiger partial charge is 0.297 e. The molecule has 1 heterocycles. The Balaban J connectivity index is 0.00000211. The second kappa shape index (κ2) is 13.2. The van der Waals surface area contributed by atoms with Gasteiger partial charge in [-0.3, -0.25) is 20.0 Å². The second-order valence-electron chi connectivity index (χ2n) is 4.91. The average molecular weight is 308 g/mol. The quantitative estimate of drug-likeness (QED) is 0.325. The molecular formula is C17H32N4O. The zero-order valence-electron chi connectivity index (χ0n) is 14.3. The summed E-state index contributed by atoms with van der Waals surface area (Å²) in [6.07, 6.45) is 9.25. The van der Waals surface area contributed by atoms with E-state index in [1.807, 2.05) is 19.9 Å². The van der Waals surface area contributed by atoms with Gasteiger partial charge in [0.2, 0.25) is 5.91 Å². The minimum absolute atomic E-state index is 0.128. The van der Waals surface area contributed by atoms with Gasteiger partial charge in [0.05, 0.1) is 6.54 Å². The Morgan fingerprint density at radius 1 is 1.18 bits per heavy atom. The highest BCUT2D eigenvalue weighted by atomic mass is 16.2. The molecule has 5 nitrogen and oxygen atoms in total. The van der Waals surface area contributed by atoms with Crippen LogP contribution in [0.3, 0.4) is 0 Å². The molecule has 1 aliphatic rings. The molecule has 0 saturated carbocycles. The average Bonchev–Trinajstić information content (AvgIpc) is 2.56. The Kier molecular flexibility index (Phi) is 12.4. The van der Waals surface area contributed by atoms with Crippen LogP contribution in [-0.2, 0) is 4.79 Å². The number of carbonyl (C=O) groups excluding carboxylic acids is 1. The highest BCUT2D eigenvalue weighted by Gasteiger charge is 2.18. The van der Waals surface area contributed by atoms with Crippen molar-refractivity contribution in [3.05, 3.63) is 36.5 Å². The van der Waals surface area contributed by atoms with Gasteiger partial charge in [-0.1, -0.05) is 51.7 Å². The van der Waals surface area contributed by atoms with Crippen molar-refractivity contribution < 1.29 is 4.79 Å². The molecule has 5 heteroatoms. The lowest BCUT2D eigenvalue weighted by molar-refractivity contribution is -0.122. The highest BCUT2D eigenvalue weighted by molar-refractivity contribution is 5.77. The van der Waals surface area contributed by atoms with Gasteiger partial charge >= 0.3 is 0 Å². The van der Waals surface area contributed by atoms with E-state index < -0.39 is 0 Å². The Morgan fingerprint density at radius 3 is 2.18 bits per heavy atom. The van der Waals surface area contributed by atoms with Crippen LogP contribution in [0, 0.1) is 0 Å². The molecular weight excluding hydrogens is 276 g/mol. The standard InChI is InChI=1S/C15H26N4O.C2H6/c1-3-5-7-14(6-4-2)12-18-8-10-19(11-9-18)13-15(20)17-16;1-2/h4-7H,2-3,8-13,16H2,1H3,(H,17,20);1-2H3/b7-5-,14-6+;. The number of hydrogen-bond acceptors (Lipinski definition) is 4. The number of carbonyl (C=O) groups is 1. The molecule has 0 aromatic rings. The summed E-state index contributed by atoms with van der Waals surface area (Å²) in [7, 11) is 0. The number of piperazine rings is 1. The fourth-order valence-electron chi connectivity index (χ4n) is 2.19. The van der Waals surface area contributed by atoms with E-state index in [0.29, 0.717) is 6.54 Å². The van der Waals surface area contributed by atoms with E-state index in [1.165, 1.54) is 5.57 Å². The van der Waals surface area contributed by atoms with Crippen LogP contribution in [0.5, 0.6) is 0 Å². The highest BCUT2D eigenvalue weighted by Crippen LogP contribution is 2.07. The molecule has 0 aromatic heterocycles. The first-order chi connectivity index (χ1) is 10.7. The summed E-state index contributed by atoms with van der Waals surface area (Å²) in [6.45, 7) is 14.9. The normalized spacial score (nSPS) is 17.0. The van der Waals surface area contributed by atoms with Crippen LogP contribution < -0.4 is 11.3 Å². The monoisotopic (exact) mass is 308 g/mol. The molecule has 0 aliphatic carbocycles. The number of nitrogens with zero attached hydrogens (tertiary/aromatic N) is 2. The van der Waals surface area contributed by atoms with E-state index in [4.69, 9.17) is 5.84 Å². The molecule has 1 fully saturated rings. The summed E-state index contributed by atoms with van der Waals surface area (Å²) >= 11 is 0. The lowest BCUT2D eigenvalue weighted by Gasteiger charge is -2.34. The molecule has 0 aromatic carbocycles. The third-order valence-electron chi connectivity index (χ3n) is 3.30. The maximum Gasteiger partial charge on any atom is 0.248 e. The number of nitrogens with one attached hydrogen (secondary N) is 1. The number of allylic oxidation sites excluding steroid dienone is 3. The van der Waals surface area contributed by atoms with E-state index in [-0.39, 0.29) is 5.91 Å². The molecule has 0 bridgehead atoms. The van der Waals surface area contributed by atoms with Gasteiger partial charge in [0, 0.05) is 32.7 Å². The molecule has 22 heavy (non-hydrogen) atoms. The molecule has 1 aliphatic heterocycles. The van der Waals surface area contributed by atoms with Crippen molar-refractivity contribution >= 4 is 5.91 Å². The first kappa shape index (κ1) is 20.6. The van der Waals surface area contributed by atoms with Crippen LogP contribution in [0.15, 0.2) is 36.5 Å². The second-order valence-corrected chi connectivity index (χ2v) is 4.91. The van der Waals surface area contributed by atoms with Crippen molar-refractivity contribution in [2.24, 2.45) is 5.84 Å². The van der Waals surface area contributed by atoms with Crippen molar-refractivity contribution in [2.75, 3.05) is 39.3 Å². The van der Waals surface area contributed by atoms with Gasteiger partial charge < -0.3 is 0 Å². The fraction of sp³-hybridized carbons (Fsp3) is 0.588. The van der Waals surface area contributed by atoms with Gasteiger partial charge in [-0.15, -0.1) is 0 Å². The summed E-state index contributed by atoms with van der Waals surface area (Å²) in [5, 5.41) is 0. The third-order valence-corrected chi connectivity index (χ3v) is 3.30. The van der Waals surface area contributed by atoms with E-state index in [1.54, 1.807) is 0 Å². The number of nitrogens with two attached hydrogens (primary N) is 1. The molecule has 0 radical (unpaired) electrons. The number of rotatable bonds is 7. The van der Waals surface area contributed by atoms with Gasteiger partial charge in [-0.2, -0.15) is 0 Å². The van der Waals surface area contributed by atoms with E-state index in [0.717, 1.165) is 39.1 Å². The molecule has 0 atom stereocenters. The van der Waals surface area contributed by atoms with Crippen LogP contribution in [-0.4, -0.2) is 55.0 Å². The van der Waals surface area contributed by atoms with Gasteiger partial charge in [-0.25, -0.2) is 5.84 Å². The van der Waals surface area contributed by atoms with Crippen molar-refractivity contribution in [1.82, 2.24) is 15.2 Å². The zero-order chi connectivity index (χ0) is 16.8. The van der Waals surface area contributed by atoms with Gasteiger partial charge in [0.25, 0.3) is 0 Å². The van der Waals surface area contributed by atoms with Gasteiger partial charge in [0.15, 0.2) is 0 Å². The molecule has 1 rings (SSSR count). The maximum atomic E-state index is 11.2. The summed E-state index contributed by atoms with van der Waals surface area (Å²) in [4.78, 5) is 15.7. The van der Waals surface area contributed by atoms with Gasteiger partial charge in [-0.05, 0) is 12.0 Å². The Morgan fingerprint density at radius 2 is 1.73 bits per heavy atom. The summed E-state index contributed by atoms with van der Waals surface area (Å²) in [5.41, 5.74) is 3.45. The molecule has 1 saturated heterocycles. The molecule has 3 N–H and O–H groups in total. The molecule has 126 valence electrons. The molecule has 0 unspecified atom stereocenters. The number of hydrazine groups is 1. The van der Waals surface area contributed by atoms with Crippen molar-refractivity contribution in [3.63, 3.8) is 0 Å². The van der Waals surface area contributed by atoms with Crippen LogP contribution in [0.4, 0.5) is 0 Å². The maximum absolute atomic E-state index is 11.2. The fourth-order valence-corrected chi connectivity index (χ4v) is 2.19. The number of hydrogen-bond donors (Lipinski definition) is 2. The first-order valence-corrected chi connectivity index (χ1v) is 8.11. The topological polar surface area (TPSA) is 61.6 Å². The van der Waals surface area contributed by atoms with E-state index in [9.17, 15) is 4.79 Å². The summed E-state index contributed by atoms with van der Waals surface area (Å²) < 4.78 is 0. The molecule has 1 amide bonds. The van der Waals surface area contributed by atoms with E-state index >= 15 is 0 Å². The smallest absolute Gasteiger partial charge is 0.248 e. The van der Waals surface area contributed by atoms with Crippen molar-refractivity contribution in [1.29, 1.82) is 0 Å². The van der Waals surface area contributed by atoms with Gasteiger partial charge in [0.1, 0.15) is 0 Å².